The normalized spacial score (nSPS) is 14.4. The minimum absolute atomic E-state index is 0.765. The predicted octanol–water partition coefficient (Wildman–Crippen LogP) is 2.57. The Bertz CT molecular complexity index is 1080. The van der Waals surface area contributed by atoms with E-state index < -0.39 is 0 Å². The molecule has 1 aliphatic rings. The van der Waals surface area contributed by atoms with Gasteiger partial charge in [-0.25, -0.2) is 15.0 Å². The first kappa shape index (κ1) is 16.6. The molecule has 1 aromatic carbocycles. The Morgan fingerprint density at radius 1 is 0.893 bits per heavy atom. The van der Waals surface area contributed by atoms with Crippen LogP contribution in [0, 0.1) is 0 Å². The Morgan fingerprint density at radius 2 is 1.71 bits per heavy atom. The van der Waals surface area contributed by atoms with Crippen LogP contribution in [0.5, 0.6) is 0 Å². The minimum Gasteiger partial charge on any atom is -0.340 e. The predicted molar refractivity (Wildman–Crippen MR) is 110 cm³/mol. The highest BCUT2D eigenvalue weighted by Crippen LogP contribution is 2.27. The summed E-state index contributed by atoms with van der Waals surface area (Å²) in [5, 5.41) is 6.71. The second kappa shape index (κ2) is 7.24. The van der Waals surface area contributed by atoms with Gasteiger partial charge in [-0.1, -0.05) is 12.1 Å². The fraction of sp³-hybridized carbons (Fsp3) is 0.200. The smallest absolute Gasteiger partial charge is 0.227 e. The van der Waals surface area contributed by atoms with Crippen molar-refractivity contribution in [3.63, 3.8) is 0 Å². The Kier molecular flexibility index (Phi) is 4.30. The molecule has 0 radical (unpaired) electrons. The molecule has 0 bridgehead atoms. The lowest BCUT2D eigenvalue weighted by atomic mass is 10.1. The number of aromatic amines is 1. The molecule has 140 valence electrons. The van der Waals surface area contributed by atoms with Gasteiger partial charge in [0, 0.05) is 49.8 Å². The molecule has 4 aromatic rings. The molecule has 0 aliphatic carbocycles. The van der Waals surface area contributed by atoms with E-state index in [9.17, 15) is 0 Å². The van der Waals surface area contributed by atoms with E-state index in [1.54, 1.807) is 18.7 Å². The van der Waals surface area contributed by atoms with Crippen molar-refractivity contribution in [2.45, 2.75) is 0 Å². The van der Waals surface area contributed by atoms with Crippen LogP contribution in [0.25, 0.3) is 22.3 Å². The maximum atomic E-state index is 4.66. The van der Waals surface area contributed by atoms with Gasteiger partial charge in [0.15, 0.2) is 5.65 Å². The molecule has 0 atom stereocenters. The molecular formula is C20H20N8. The second-order valence-corrected chi connectivity index (χ2v) is 6.64. The zero-order chi connectivity index (χ0) is 18.8. The summed E-state index contributed by atoms with van der Waals surface area (Å²) in [6, 6.07) is 12.1. The first-order chi connectivity index (χ1) is 13.9. The number of hydrogen-bond acceptors (Lipinski definition) is 7. The second-order valence-electron chi connectivity index (χ2n) is 6.64. The molecule has 0 saturated carbocycles. The van der Waals surface area contributed by atoms with Gasteiger partial charge < -0.3 is 20.5 Å². The number of rotatable bonds is 4. The van der Waals surface area contributed by atoms with Gasteiger partial charge in [0.05, 0.1) is 6.33 Å². The molecule has 3 aromatic heterocycles. The third-order valence-electron chi connectivity index (χ3n) is 4.83. The fourth-order valence-corrected chi connectivity index (χ4v) is 3.40. The Balaban J connectivity index is 1.36. The van der Waals surface area contributed by atoms with Crippen molar-refractivity contribution in [1.82, 2.24) is 30.2 Å². The number of hydrogen-bond donors (Lipinski definition) is 3. The van der Waals surface area contributed by atoms with Crippen LogP contribution >= 0.6 is 0 Å². The van der Waals surface area contributed by atoms with Crippen LogP contribution in [0.15, 0.2) is 55.1 Å². The SMILES string of the molecule is c1cc(Nc2ccc(-c3ccnc4[nH]cnc34)cc2)nc(N2CCNCC2)n1. The Hall–Kier alpha value is -3.52. The summed E-state index contributed by atoms with van der Waals surface area (Å²) in [5.74, 6) is 1.55. The van der Waals surface area contributed by atoms with Crippen molar-refractivity contribution in [2.24, 2.45) is 0 Å². The molecule has 0 unspecified atom stereocenters. The molecule has 3 N–H and O–H groups in total. The van der Waals surface area contributed by atoms with E-state index in [2.05, 4.69) is 52.6 Å². The van der Waals surface area contributed by atoms with Crippen LogP contribution < -0.4 is 15.5 Å². The molecule has 8 nitrogen and oxygen atoms in total. The number of pyridine rings is 1. The monoisotopic (exact) mass is 372 g/mol. The maximum absolute atomic E-state index is 4.66. The van der Waals surface area contributed by atoms with E-state index in [4.69, 9.17) is 0 Å². The van der Waals surface area contributed by atoms with Gasteiger partial charge >= 0.3 is 0 Å². The van der Waals surface area contributed by atoms with Crippen molar-refractivity contribution < 1.29 is 0 Å². The number of piperazine rings is 1. The Morgan fingerprint density at radius 3 is 2.57 bits per heavy atom. The van der Waals surface area contributed by atoms with Gasteiger partial charge in [0.25, 0.3) is 0 Å². The van der Waals surface area contributed by atoms with Gasteiger partial charge in [-0.05, 0) is 29.8 Å². The van der Waals surface area contributed by atoms with Crippen molar-refractivity contribution in [2.75, 3.05) is 36.4 Å². The summed E-state index contributed by atoms with van der Waals surface area (Å²) >= 11 is 0. The summed E-state index contributed by atoms with van der Waals surface area (Å²) < 4.78 is 0. The number of anilines is 3. The fourth-order valence-electron chi connectivity index (χ4n) is 3.40. The molecule has 0 spiro atoms. The number of nitrogens with zero attached hydrogens (tertiary/aromatic N) is 5. The summed E-state index contributed by atoms with van der Waals surface area (Å²) in [6.45, 7) is 3.76. The van der Waals surface area contributed by atoms with Gasteiger partial charge in [0.2, 0.25) is 5.95 Å². The number of imidazole rings is 1. The molecule has 1 fully saturated rings. The van der Waals surface area contributed by atoms with Gasteiger partial charge in [-0.3, -0.25) is 0 Å². The number of aromatic nitrogens is 5. The first-order valence-corrected chi connectivity index (χ1v) is 9.31. The van der Waals surface area contributed by atoms with E-state index in [0.29, 0.717) is 0 Å². The lowest BCUT2D eigenvalue weighted by Crippen LogP contribution is -2.44. The third-order valence-corrected chi connectivity index (χ3v) is 4.83. The molecule has 1 saturated heterocycles. The summed E-state index contributed by atoms with van der Waals surface area (Å²) in [7, 11) is 0. The molecule has 1 aliphatic heterocycles. The van der Waals surface area contributed by atoms with E-state index in [0.717, 1.165) is 65.9 Å². The summed E-state index contributed by atoms with van der Waals surface area (Å²) in [6.07, 6.45) is 5.26. The third kappa shape index (κ3) is 3.25. The van der Waals surface area contributed by atoms with Crippen LogP contribution in [0.4, 0.5) is 17.5 Å². The first-order valence-electron chi connectivity index (χ1n) is 9.31. The maximum Gasteiger partial charge on any atom is 0.227 e. The Labute approximate surface area is 162 Å². The van der Waals surface area contributed by atoms with Crippen molar-refractivity contribution >= 4 is 28.6 Å². The van der Waals surface area contributed by atoms with Gasteiger partial charge in [-0.2, -0.15) is 4.98 Å². The quantitative estimate of drug-likeness (QED) is 0.507. The van der Waals surface area contributed by atoms with Crippen LogP contribution in [0.1, 0.15) is 0 Å². The van der Waals surface area contributed by atoms with E-state index in [1.807, 2.05) is 24.3 Å². The molecule has 4 heterocycles. The summed E-state index contributed by atoms with van der Waals surface area (Å²) in [4.78, 5) is 23.0. The molecule has 8 heteroatoms. The molecule has 5 rings (SSSR count). The van der Waals surface area contributed by atoms with Gasteiger partial charge in [0.1, 0.15) is 11.3 Å². The van der Waals surface area contributed by atoms with Crippen molar-refractivity contribution in [1.29, 1.82) is 0 Å². The standard InChI is InChI=1S/C20H20N8/c1-3-15(4-2-14(1)16-5-7-22-19-18(16)24-13-25-19)26-17-6-8-23-20(27-17)28-11-9-21-10-12-28/h1-8,13,21H,9-12H2,(H,22,24,25)(H,23,26,27). The number of benzene rings is 1. The lowest BCUT2D eigenvalue weighted by molar-refractivity contribution is 0.580. The highest BCUT2D eigenvalue weighted by atomic mass is 15.3. The highest BCUT2D eigenvalue weighted by molar-refractivity contribution is 5.89. The lowest BCUT2D eigenvalue weighted by Gasteiger charge is -2.27. The van der Waals surface area contributed by atoms with E-state index in [-0.39, 0.29) is 0 Å². The van der Waals surface area contributed by atoms with E-state index >= 15 is 0 Å². The largest absolute Gasteiger partial charge is 0.340 e. The topological polar surface area (TPSA) is 94.7 Å². The molecule has 28 heavy (non-hydrogen) atoms. The van der Waals surface area contributed by atoms with Crippen LogP contribution in [0.3, 0.4) is 0 Å². The van der Waals surface area contributed by atoms with Crippen molar-refractivity contribution in [3.05, 3.63) is 55.1 Å². The van der Waals surface area contributed by atoms with Crippen LogP contribution in [0.2, 0.25) is 0 Å². The number of fused-ring (bicyclic) bond motifs is 1. The zero-order valence-electron chi connectivity index (χ0n) is 15.3. The molecule has 0 amide bonds. The van der Waals surface area contributed by atoms with Crippen LogP contribution in [-0.2, 0) is 0 Å². The van der Waals surface area contributed by atoms with E-state index in [1.165, 1.54) is 0 Å². The van der Waals surface area contributed by atoms with Gasteiger partial charge in [-0.15, -0.1) is 0 Å². The minimum atomic E-state index is 0.765. The average Bonchev–Trinajstić information content (AvgIpc) is 3.24. The van der Waals surface area contributed by atoms with Crippen LogP contribution in [-0.4, -0.2) is 51.1 Å². The molecular weight excluding hydrogens is 352 g/mol. The summed E-state index contributed by atoms with van der Waals surface area (Å²) in [5.41, 5.74) is 4.79. The zero-order valence-corrected chi connectivity index (χ0v) is 15.3. The number of H-pyrrole nitrogens is 1. The van der Waals surface area contributed by atoms with Crippen molar-refractivity contribution in [3.8, 4) is 11.1 Å². The highest BCUT2D eigenvalue weighted by Gasteiger charge is 2.13. The average molecular weight is 372 g/mol. The number of nitrogens with one attached hydrogen (secondary N) is 3.